The topological polar surface area (TPSA) is 71.5 Å². The van der Waals surface area contributed by atoms with Gasteiger partial charge in [0.1, 0.15) is 5.54 Å². The van der Waals surface area contributed by atoms with Crippen molar-refractivity contribution in [2.75, 3.05) is 6.54 Å². The molecule has 6 nitrogen and oxygen atoms in total. The second-order valence-electron chi connectivity index (χ2n) is 8.93. The van der Waals surface area contributed by atoms with Crippen LogP contribution in [0.5, 0.6) is 0 Å². The lowest BCUT2D eigenvalue weighted by Crippen LogP contribution is -2.53. The molecule has 1 aliphatic heterocycles. The molecule has 0 bridgehead atoms. The summed E-state index contributed by atoms with van der Waals surface area (Å²) in [4.78, 5) is 29.0. The standard InChI is InChI=1S/C31H25N3O3S2/c35-23-29(36)37-39(30-32-27-19-10-11-20-28(27)38-30)22-12-21-34(39)33-31(24-13-4-1-5-14-24,25-15-6-2-7-16-25)26-17-8-3-9-18-26/h1-20,22-23,33H,21H2. The van der Waals surface area contributed by atoms with Crippen LogP contribution in [-0.2, 0) is 19.3 Å². The highest BCUT2D eigenvalue weighted by Gasteiger charge is 2.47. The molecule has 5 aromatic rings. The summed E-state index contributed by atoms with van der Waals surface area (Å²) in [7, 11) is -2.64. The monoisotopic (exact) mass is 551 g/mol. The summed E-state index contributed by atoms with van der Waals surface area (Å²) < 4.78 is 9.58. The molecule has 1 aromatic heterocycles. The molecule has 39 heavy (non-hydrogen) atoms. The quantitative estimate of drug-likeness (QED) is 0.138. The Labute approximate surface area is 232 Å². The number of hydrogen-bond acceptors (Lipinski definition) is 7. The van der Waals surface area contributed by atoms with Crippen molar-refractivity contribution in [2.24, 2.45) is 0 Å². The Balaban J connectivity index is 1.57. The lowest BCUT2D eigenvalue weighted by atomic mass is 9.77. The van der Waals surface area contributed by atoms with Crippen LogP contribution < -0.4 is 5.43 Å². The van der Waals surface area contributed by atoms with Gasteiger partial charge in [-0.05, 0) is 28.8 Å². The minimum atomic E-state index is -2.64. The molecule has 0 saturated carbocycles. The first kappa shape index (κ1) is 25.2. The maximum atomic E-state index is 12.6. The molecule has 0 aliphatic carbocycles. The molecule has 0 fully saturated rings. The first-order valence-corrected chi connectivity index (χ1v) is 14.8. The van der Waals surface area contributed by atoms with Crippen LogP contribution >= 0.6 is 21.8 Å². The van der Waals surface area contributed by atoms with Crippen molar-refractivity contribution in [3.05, 3.63) is 143 Å². The Bertz CT molecular complexity index is 1510. The van der Waals surface area contributed by atoms with Gasteiger partial charge in [-0.3, -0.25) is 4.79 Å². The number of hydrogen-bond donors (Lipinski definition) is 1. The van der Waals surface area contributed by atoms with Gasteiger partial charge in [0, 0.05) is 12.0 Å². The van der Waals surface area contributed by atoms with Crippen LogP contribution in [0.1, 0.15) is 16.7 Å². The number of hydrazine groups is 1. The Morgan fingerprint density at radius 3 is 1.92 bits per heavy atom. The molecule has 1 unspecified atom stereocenters. The van der Waals surface area contributed by atoms with E-state index in [1.165, 1.54) is 11.3 Å². The van der Waals surface area contributed by atoms with E-state index in [1.807, 2.05) is 94.8 Å². The van der Waals surface area contributed by atoms with E-state index in [2.05, 4.69) is 41.8 Å². The third-order valence-corrected chi connectivity index (χ3v) is 10.9. The first-order valence-electron chi connectivity index (χ1n) is 12.4. The van der Waals surface area contributed by atoms with E-state index in [9.17, 15) is 9.59 Å². The SMILES string of the molecule is O=CC(=O)OS1(c2nc3ccccc3s2)C=CCN1NC(c1ccccc1)(c1ccccc1)c1ccccc1. The summed E-state index contributed by atoms with van der Waals surface area (Å²) in [5.41, 5.74) is 6.81. The van der Waals surface area contributed by atoms with Crippen molar-refractivity contribution in [1.29, 1.82) is 0 Å². The first-order chi connectivity index (χ1) is 19.2. The second-order valence-corrected chi connectivity index (χ2v) is 12.6. The molecular formula is C31H25N3O3S2. The minimum Gasteiger partial charge on any atom is -0.384 e. The summed E-state index contributed by atoms with van der Waals surface area (Å²) in [6, 6.07) is 38.4. The Kier molecular flexibility index (Phi) is 6.85. The fraction of sp³-hybridized carbons (Fsp3) is 0.0645. The van der Waals surface area contributed by atoms with Crippen molar-refractivity contribution in [3.8, 4) is 0 Å². The highest BCUT2D eigenvalue weighted by Crippen LogP contribution is 2.65. The van der Waals surface area contributed by atoms with Crippen LogP contribution in [0.15, 0.2) is 131 Å². The molecule has 194 valence electrons. The molecule has 0 saturated heterocycles. The number of rotatable bonds is 8. The molecule has 2 heterocycles. The van der Waals surface area contributed by atoms with E-state index < -0.39 is 22.0 Å². The average molecular weight is 552 g/mol. The molecular weight excluding hydrogens is 526 g/mol. The molecule has 0 radical (unpaired) electrons. The van der Waals surface area contributed by atoms with E-state index in [0.29, 0.717) is 10.9 Å². The number of aromatic nitrogens is 1. The van der Waals surface area contributed by atoms with Gasteiger partial charge < -0.3 is 4.18 Å². The molecule has 1 aliphatic rings. The third kappa shape index (κ3) is 4.47. The zero-order chi connectivity index (χ0) is 26.7. The van der Waals surface area contributed by atoms with Gasteiger partial charge in [-0.25, -0.2) is 15.2 Å². The summed E-state index contributed by atoms with van der Waals surface area (Å²) >= 11 is 1.46. The summed E-state index contributed by atoms with van der Waals surface area (Å²) in [6.07, 6.45) is 2.17. The summed E-state index contributed by atoms with van der Waals surface area (Å²) in [5, 5.41) is 1.88. The van der Waals surface area contributed by atoms with Crippen molar-refractivity contribution in [3.63, 3.8) is 0 Å². The Morgan fingerprint density at radius 2 is 1.38 bits per heavy atom. The largest absolute Gasteiger partial charge is 0.384 e. The van der Waals surface area contributed by atoms with Gasteiger partial charge in [0.2, 0.25) is 6.29 Å². The number of nitrogens with zero attached hydrogens (tertiary/aromatic N) is 2. The number of thiazole rings is 1. The Morgan fingerprint density at radius 1 is 0.846 bits per heavy atom. The number of para-hydroxylation sites is 1. The number of carbonyl (C=O) groups is 2. The molecule has 8 heteroatoms. The normalized spacial score (nSPS) is 19.0. The zero-order valence-corrected chi connectivity index (χ0v) is 22.5. The highest BCUT2D eigenvalue weighted by molar-refractivity contribution is 8.31. The van der Waals surface area contributed by atoms with Crippen molar-refractivity contribution >= 4 is 44.3 Å². The molecule has 1 N–H and O–H groups in total. The molecule has 1 atom stereocenters. The van der Waals surface area contributed by atoms with E-state index >= 15 is 0 Å². The number of nitrogens with one attached hydrogen (secondary N) is 1. The third-order valence-electron chi connectivity index (χ3n) is 6.62. The van der Waals surface area contributed by atoms with E-state index in [-0.39, 0.29) is 6.29 Å². The van der Waals surface area contributed by atoms with Crippen LogP contribution in [0.25, 0.3) is 10.2 Å². The summed E-state index contributed by atoms with van der Waals surface area (Å²) in [6.45, 7) is 0.436. The predicted molar refractivity (Wildman–Crippen MR) is 156 cm³/mol. The van der Waals surface area contributed by atoms with Crippen LogP contribution in [0.4, 0.5) is 0 Å². The maximum absolute atomic E-state index is 12.6. The van der Waals surface area contributed by atoms with E-state index in [1.54, 1.807) is 0 Å². The van der Waals surface area contributed by atoms with Crippen LogP contribution in [0, 0.1) is 0 Å². The van der Waals surface area contributed by atoms with Gasteiger partial charge in [0.15, 0.2) is 4.34 Å². The van der Waals surface area contributed by atoms with Crippen LogP contribution in [0.2, 0.25) is 0 Å². The zero-order valence-electron chi connectivity index (χ0n) is 20.8. The Hall–Kier alpha value is -4.08. The summed E-state index contributed by atoms with van der Waals surface area (Å²) in [5.74, 6) is -0.938. The predicted octanol–water partition coefficient (Wildman–Crippen LogP) is 6.36. The number of aldehydes is 1. The number of benzene rings is 4. The molecule has 0 spiro atoms. The van der Waals surface area contributed by atoms with E-state index in [4.69, 9.17) is 9.17 Å². The van der Waals surface area contributed by atoms with Gasteiger partial charge in [0.05, 0.1) is 20.7 Å². The fourth-order valence-electron chi connectivity index (χ4n) is 4.89. The van der Waals surface area contributed by atoms with E-state index in [0.717, 1.165) is 26.9 Å². The molecule has 6 rings (SSSR count). The van der Waals surface area contributed by atoms with Gasteiger partial charge in [-0.2, -0.15) is 4.41 Å². The molecule has 0 amide bonds. The maximum Gasteiger partial charge on any atom is 0.383 e. The lowest BCUT2D eigenvalue weighted by molar-refractivity contribution is -0.140. The van der Waals surface area contributed by atoms with Crippen molar-refractivity contribution in [1.82, 2.24) is 14.8 Å². The van der Waals surface area contributed by atoms with Gasteiger partial charge in [-0.15, -0.1) is 11.3 Å². The van der Waals surface area contributed by atoms with Gasteiger partial charge >= 0.3 is 5.97 Å². The number of carbonyl (C=O) groups excluding carboxylic acids is 2. The van der Waals surface area contributed by atoms with Crippen LogP contribution in [0.3, 0.4) is 0 Å². The van der Waals surface area contributed by atoms with Crippen molar-refractivity contribution < 1.29 is 13.8 Å². The van der Waals surface area contributed by atoms with Crippen LogP contribution in [-0.4, -0.2) is 28.2 Å². The molecule has 4 aromatic carbocycles. The van der Waals surface area contributed by atoms with Gasteiger partial charge in [0.25, 0.3) is 0 Å². The van der Waals surface area contributed by atoms with Gasteiger partial charge in [-0.1, -0.05) is 109 Å². The van der Waals surface area contributed by atoms with Crippen molar-refractivity contribution in [2.45, 2.75) is 9.88 Å². The second kappa shape index (κ2) is 10.6. The smallest absolute Gasteiger partial charge is 0.383 e. The average Bonchev–Trinajstić information content (AvgIpc) is 3.62. The highest BCUT2D eigenvalue weighted by atomic mass is 32.3. The fourth-order valence-corrected chi connectivity index (χ4v) is 8.99. The minimum absolute atomic E-state index is 0.214. The number of fused-ring (bicyclic) bond motifs is 1. The lowest BCUT2D eigenvalue weighted by Gasteiger charge is -2.46.